The molecular weight excluding hydrogens is 580 g/mol. The summed E-state index contributed by atoms with van der Waals surface area (Å²) in [5.41, 5.74) is 6.74. The number of thiazole rings is 1. The average Bonchev–Trinajstić information content (AvgIpc) is 3.66. The molecule has 4 aliphatic rings. The highest BCUT2D eigenvalue weighted by Gasteiger charge is 2.47. The lowest BCUT2D eigenvalue weighted by atomic mass is 9.81. The van der Waals surface area contributed by atoms with E-state index in [9.17, 15) is 4.39 Å². The zero-order chi connectivity index (χ0) is 28.6. The molecule has 4 fully saturated rings. The van der Waals surface area contributed by atoms with Crippen molar-refractivity contribution in [2.75, 3.05) is 50.0 Å². The van der Waals surface area contributed by atoms with Crippen LogP contribution in [0.25, 0.3) is 32.2 Å². The fourth-order valence-electron chi connectivity index (χ4n) is 7.74. The Morgan fingerprint density at radius 3 is 2.57 bits per heavy atom. The van der Waals surface area contributed by atoms with Crippen molar-refractivity contribution >= 4 is 55.0 Å². The molecule has 8 nitrogen and oxygen atoms in total. The lowest BCUT2D eigenvalue weighted by molar-refractivity contribution is 0.107. The fraction of sp³-hybridized carbons (Fsp3) is 0.500. The molecule has 8 rings (SSSR count). The van der Waals surface area contributed by atoms with Crippen molar-refractivity contribution in [3.8, 4) is 17.1 Å². The summed E-state index contributed by atoms with van der Waals surface area (Å²) < 4.78 is 38.1. The molecule has 6 heterocycles. The lowest BCUT2D eigenvalue weighted by Crippen LogP contribution is -2.70. The Labute approximate surface area is 251 Å². The van der Waals surface area contributed by atoms with Crippen LogP contribution < -0.4 is 20.7 Å². The van der Waals surface area contributed by atoms with Gasteiger partial charge >= 0.3 is 6.01 Å². The van der Waals surface area contributed by atoms with E-state index in [1.165, 1.54) is 12.1 Å². The molecule has 1 spiro atoms. The van der Waals surface area contributed by atoms with Crippen molar-refractivity contribution < 1.29 is 13.5 Å². The summed E-state index contributed by atoms with van der Waals surface area (Å²) in [6.07, 6.45) is 7.67. The van der Waals surface area contributed by atoms with Crippen molar-refractivity contribution in [2.24, 2.45) is 0 Å². The summed E-state index contributed by atoms with van der Waals surface area (Å²) in [6.45, 7) is 5.15. The van der Waals surface area contributed by atoms with Gasteiger partial charge in [-0.1, -0.05) is 22.9 Å². The molecule has 2 aromatic heterocycles. The Kier molecular flexibility index (Phi) is 6.26. The molecule has 2 aromatic carbocycles. The van der Waals surface area contributed by atoms with Crippen LogP contribution >= 0.6 is 22.9 Å². The molecule has 4 aromatic rings. The number of aromatic nitrogens is 3. The summed E-state index contributed by atoms with van der Waals surface area (Å²) in [6, 6.07) is 4.71. The highest BCUT2D eigenvalue weighted by Crippen LogP contribution is 2.45. The van der Waals surface area contributed by atoms with Crippen molar-refractivity contribution in [1.29, 1.82) is 0 Å². The van der Waals surface area contributed by atoms with Crippen LogP contribution in [0.1, 0.15) is 44.9 Å². The molecule has 12 heteroatoms. The zero-order valence-electron chi connectivity index (χ0n) is 23.2. The number of piperidine rings is 1. The maximum Gasteiger partial charge on any atom is 0.319 e. The predicted octanol–water partition coefficient (Wildman–Crippen LogP) is 5.76. The third-order valence-electron chi connectivity index (χ3n) is 9.92. The smallest absolute Gasteiger partial charge is 0.319 e. The van der Waals surface area contributed by atoms with Gasteiger partial charge in [0.15, 0.2) is 10.9 Å². The quantitative estimate of drug-likeness (QED) is 0.294. The second kappa shape index (κ2) is 9.83. The molecule has 0 atom stereocenters. The van der Waals surface area contributed by atoms with E-state index >= 15 is 4.39 Å². The van der Waals surface area contributed by atoms with E-state index in [2.05, 4.69) is 25.1 Å². The molecule has 0 saturated carbocycles. The predicted molar refractivity (Wildman–Crippen MR) is 163 cm³/mol. The molecule has 0 aliphatic carbocycles. The Balaban J connectivity index is 1.30. The highest BCUT2D eigenvalue weighted by molar-refractivity contribution is 7.22. The highest BCUT2D eigenvalue weighted by atomic mass is 35.5. The first-order valence-corrected chi connectivity index (χ1v) is 16.0. The SMILES string of the molecule is Nc1nc2c(-c3c(Cl)cc4c(N5CCCCC56CNC6)nc(OCC56CCCN5CCC6)nc4c3F)ccc(F)c2s1. The normalized spacial score (nSPS) is 21.4. The molecule has 220 valence electrons. The molecule has 0 unspecified atom stereocenters. The van der Waals surface area contributed by atoms with Crippen LogP contribution in [0.2, 0.25) is 5.02 Å². The second-order valence-corrected chi connectivity index (χ2v) is 13.7. The van der Waals surface area contributed by atoms with Gasteiger partial charge in [0.05, 0.1) is 26.3 Å². The van der Waals surface area contributed by atoms with Gasteiger partial charge < -0.3 is 20.7 Å². The molecule has 4 aliphatic heterocycles. The van der Waals surface area contributed by atoms with Gasteiger partial charge in [-0.25, -0.2) is 13.8 Å². The molecule has 0 bridgehead atoms. The van der Waals surface area contributed by atoms with E-state index in [0.29, 0.717) is 23.4 Å². The topological polar surface area (TPSA) is 92.4 Å². The van der Waals surface area contributed by atoms with Gasteiger partial charge in [0.25, 0.3) is 0 Å². The number of ether oxygens (including phenoxy) is 1. The first kappa shape index (κ1) is 26.7. The van der Waals surface area contributed by atoms with Gasteiger partial charge in [0.1, 0.15) is 23.8 Å². The Morgan fingerprint density at radius 1 is 1.00 bits per heavy atom. The number of anilines is 2. The summed E-state index contributed by atoms with van der Waals surface area (Å²) in [7, 11) is 0. The number of nitrogens with zero attached hydrogens (tertiary/aromatic N) is 5. The molecule has 0 amide bonds. The van der Waals surface area contributed by atoms with E-state index < -0.39 is 11.6 Å². The number of halogens is 3. The Hall–Kier alpha value is -2.86. The number of fused-ring (bicyclic) bond motifs is 3. The van der Waals surface area contributed by atoms with Gasteiger partial charge in [-0.3, -0.25) is 4.90 Å². The zero-order valence-corrected chi connectivity index (χ0v) is 24.8. The third-order valence-corrected chi connectivity index (χ3v) is 11.1. The monoisotopic (exact) mass is 611 g/mol. The van der Waals surface area contributed by atoms with Crippen LogP contribution in [0.3, 0.4) is 0 Å². The van der Waals surface area contributed by atoms with E-state index in [1.54, 1.807) is 6.07 Å². The maximum absolute atomic E-state index is 16.8. The van der Waals surface area contributed by atoms with Gasteiger partial charge in [0.2, 0.25) is 0 Å². The minimum absolute atomic E-state index is 0.00329. The number of nitrogens with two attached hydrogens (primary N) is 1. The van der Waals surface area contributed by atoms with Crippen molar-refractivity contribution in [2.45, 2.75) is 56.0 Å². The van der Waals surface area contributed by atoms with Crippen LogP contribution in [0.5, 0.6) is 6.01 Å². The largest absolute Gasteiger partial charge is 0.461 e. The minimum atomic E-state index is -0.607. The summed E-state index contributed by atoms with van der Waals surface area (Å²) in [5.74, 6) is -0.417. The molecule has 4 saturated heterocycles. The van der Waals surface area contributed by atoms with Crippen LogP contribution in [-0.2, 0) is 0 Å². The van der Waals surface area contributed by atoms with E-state index in [1.807, 2.05) is 0 Å². The summed E-state index contributed by atoms with van der Waals surface area (Å²) in [5, 5.41) is 4.35. The fourth-order valence-corrected chi connectivity index (χ4v) is 8.80. The third kappa shape index (κ3) is 4.00. The van der Waals surface area contributed by atoms with Crippen molar-refractivity contribution in [1.82, 2.24) is 25.2 Å². The molecule has 0 radical (unpaired) electrons. The standard InChI is InChI=1S/C30H32ClF2N7OS/c31-19-13-18-23(22(33)21(19)17-5-6-20(32)25-24(17)36-27(34)42-25)37-28(41-16-29-8-3-10-39(29)11-4-9-29)38-26(18)40-12-2-1-7-30(40)14-35-15-30/h5-6,13,35H,1-4,7-12,14-16H2,(H2,34,36). The number of benzene rings is 2. The van der Waals surface area contributed by atoms with Crippen LogP contribution in [0.4, 0.5) is 19.7 Å². The molecule has 42 heavy (non-hydrogen) atoms. The minimum Gasteiger partial charge on any atom is -0.461 e. The van der Waals surface area contributed by atoms with E-state index in [-0.39, 0.29) is 48.5 Å². The van der Waals surface area contributed by atoms with Crippen LogP contribution in [0, 0.1) is 11.6 Å². The van der Waals surface area contributed by atoms with Gasteiger partial charge in [-0.05, 0) is 76.2 Å². The van der Waals surface area contributed by atoms with Crippen molar-refractivity contribution in [3.05, 3.63) is 34.9 Å². The van der Waals surface area contributed by atoms with Gasteiger partial charge in [-0.15, -0.1) is 0 Å². The van der Waals surface area contributed by atoms with Crippen LogP contribution in [-0.4, -0.2) is 70.3 Å². The number of nitrogens with one attached hydrogen (secondary N) is 1. The van der Waals surface area contributed by atoms with Crippen molar-refractivity contribution in [3.63, 3.8) is 0 Å². The number of hydrogen-bond acceptors (Lipinski definition) is 9. The summed E-state index contributed by atoms with van der Waals surface area (Å²) in [4.78, 5) is 18.8. The number of nitrogen functional groups attached to an aromatic ring is 1. The van der Waals surface area contributed by atoms with Gasteiger partial charge in [0, 0.05) is 36.1 Å². The van der Waals surface area contributed by atoms with E-state index in [4.69, 9.17) is 27.1 Å². The average molecular weight is 612 g/mol. The molecule has 3 N–H and O–H groups in total. The number of rotatable bonds is 5. The first-order chi connectivity index (χ1) is 20.4. The lowest BCUT2D eigenvalue weighted by Gasteiger charge is -2.54. The van der Waals surface area contributed by atoms with E-state index in [0.717, 1.165) is 89.0 Å². The summed E-state index contributed by atoms with van der Waals surface area (Å²) >= 11 is 7.88. The Bertz CT molecular complexity index is 1720. The number of hydrogen-bond donors (Lipinski definition) is 2. The first-order valence-electron chi connectivity index (χ1n) is 14.8. The van der Waals surface area contributed by atoms with Gasteiger partial charge in [-0.2, -0.15) is 9.97 Å². The molecular formula is C30H32ClF2N7OS. The maximum atomic E-state index is 16.8. The van der Waals surface area contributed by atoms with Crippen LogP contribution in [0.15, 0.2) is 18.2 Å². The Morgan fingerprint density at radius 2 is 1.81 bits per heavy atom. The second-order valence-electron chi connectivity index (χ2n) is 12.2.